The molecular formula is C19H30N4O3. The molecular weight excluding hydrogens is 332 g/mol. The van der Waals surface area contributed by atoms with Crippen molar-refractivity contribution in [3.8, 4) is 5.75 Å². The maximum absolute atomic E-state index is 5.93. The molecule has 3 rings (SSSR count). The van der Waals surface area contributed by atoms with E-state index in [4.69, 9.17) is 14.2 Å². The SMILES string of the molecule is CN=C(NCc1ncc(C)c(OC)c1C)N1CCOC(C2CCCO2)C1. The van der Waals surface area contributed by atoms with Gasteiger partial charge in [0.05, 0.1) is 32.1 Å². The topological polar surface area (TPSA) is 68.2 Å². The third-order valence-electron chi connectivity index (χ3n) is 5.15. The van der Waals surface area contributed by atoms with Crippen LogP contribution in [0.4, 0.5) is 0 Å². The smallest absolute Gasteiger partial charge is 0.194 e. The highest BCUT2D eigenvalue weighted by Gasteiger charge is 2.32. The fourth-order valence-corrected chi connectivity index (χ4v) is 3.73. The first-order valence-corrected chi connectivity index (χ1v) is 9.32. The fraction of sp³-hybridized carbons (Fsp3) is 0.684. The van der Waals surface area contributed by atoms with Gasteiger partial charge in [-0.25, -0.2) is 0 Å². The Morgan fingerprint density at radius 1 is 1.35 bits per heavy atom. The fourth-order valence-electron chi connectivity index (χ4n) is 3.73. The zero-order valence-corrected chi connectivity index (χ0v) is 16.2. The molecule has 1 aromatic heterocycles. The van der Waals surface area contributed by atoms with E-state index < -0.39 is 0 Å². The molecule has 1 N–H and O–H groups in total. The van der Waals surface area contributed by atoms with E-state index in [1.54, 1.807) is 7.11 Å². The molecule has 7 nitrogen and oxygen atoms in total. The van der Waals surface area contributed by atoms with Crippen molar-refractivity contribution in [1.29, 1.82) is 0 Å². The molecule has 1 aromatic rings. The lowest BCUT2D eigenvalue weighted by atomic mass is 10.1. The molecule has 2 aliphatic heterocycles. The van der Waals surface area contributed by atoms with E-state index in [9.17, 15) is 0 Å². The van der Waals surface area contributed by atoms with Crippen molar-refractivity contribution in [3.63, 3.8) is 0 Å². The Morgan fingerprint density at radius 2 is 2.15 bits per heavy atom. The Labute approximate surface area is 155 Å². The third-order valence-corrected chi connectivity index (χ3v) is 5.15. The average molecular weight is 362 g/mol. The summed E-state index contributed by atoms with van der Waals surface area (Å²) in [4.78, 5) is 11.3. The Hall–Kier alpha value is -1.86. The second kappa shape index (κ2) is 8.68. The summed E-state index contributed by atoms with van der Waals surface area (Å²) >= 11 is 0. The number of morpholine rings is 1. The molecule has 2 aliphatic rings. The minimum absolute atomic E-state index is 0.115. The van der Waals surface area contributed by atoms with Gasteiger partial charge >= 0.3 is 0 Å². The Balaban J connectivity index is 1.63. The highest BCUT2D eigenvalue weighted by atomic mass is 16.5. The van der Waals surface area contributed by atoms with E-state index in [1.807, 2.05) is 27.1 Å². The summed E-state index contributed by atoms with van der Waals surface area (Å²) in [5.41, 5.74) is 3.08. The Bertz CT molecular complexity index is 644. The van der Waals surface area contributed by atoms with Crippen molar-refractivity contribution in [1.82, 2.24) is 15.2 Å². The summed E-state index contributed by atoms with van der Waals surface area (Å²) in [5.74, 6) is 1.77. The zero-order valence-electron chi connectivity index (χ0n) is 16.2. The number of nitrogens with one attached hydrogen (secondary N) is 1. The zero-order chi connectivity index (χ0) is 18.5. The molecule has 0 bridgehead atoms. The number of nitrogens with zero attached hydrogens (tertiary/aromatic N) is 3. The van der Waals surface area contributed by atoms with E-state index in [0.717, 1.165) is 61.1 Å². The van der Waals surface area contributed by atoms with Crippen molar-refractivity contribution in [2.45, 2.75) is 45.4 Å². The molecule has 7 heteroatoms. The third kappa shape index (κ3) is 4.10. The van der Waals surface area contributed by atoms with E-state index in [1.165, 1.54) is 0 Å². The number of hydrogen-bond donors (Lipinski definition) is 1. The van der Waals surface area contributed by atoms with E-state index in [-0.39, 0.29) is 12.2 Å². The molecule has 2 saturated heterocycles. The minimum atomic E-state index is 0.115. The first-order valence-electron chi connectivity index (χ1n) is 9.32. The van der Waals surface area contributed by atoms with Crippen LogP contribution in [0.5, 0.6) is 5.75 Å². The summed E-state index contributed by atoms with van der Waals surface area (Å²) in [7, 11) is 3.51. The highest BCUT2D eigenvalue weighted by Crippen LogP contribution is 2.24. The largest absolute Gasteiger partial charge is 0.496 e. The summed E-state index contributed by atoms with van der Waals surface area (Å²) < 4.78 is 17.2. The van der Waals surface area contributed by atoms with Gasteiger partial charge in [-0.1, -0.05) is 0 Å². The van der Waals surface area contributed by atoms with Crippen LogP contribution in [0, 0.1) is 13.8 Å². The molecule has 0 saturated carbocycles. The number of methoxy groups -OCH3 is 1. The lowest BCUT2D eigenvalue weighted by molar-refractivity contribution is -0.0817. The summed E-state index contributed by atoms with van der Waals surface area (Å²) in [6, 6.07) is 0. The van der Waals surface area contributed by atoms with Crippen LogP contribution in [0.1, 0.15) is 29.7 Å². The molecule has 2 unspecified atom stereocenters. The summed E-state index contributed by atoms with van der Waals surface area (Å²) in [5, 5.41) is 3.44. The number of rotatable bonds is 4. The van der Waals surface area contributed by atoms with Crippen molar-refractivity contribution >= 4 is 5.96 Å². The van der Waals surface area contributed by atoms with Gasteiger partial charge in [-0.15, -0.1) is 0 Å². The Kier molecular flexibility index (Phi) is 6.32. The highest BCUT2D eigenvalue weighted by molar-refractivity contribution is 5.80. The van der Waals surface area contributed by atoms with Crippen molar-refractivity contribution in [3.05, 3.63) is 23.0 Å². The summed E-state index contributed by atoms with van der Waals surface area (Å²) in [6.07, 6.45) is 4.38. The number of pyridine rings is 1. The number of hydrogen-bond acceptors (Lipinski definition) is 5. The van der Waals surface area contributed by atoms with Gasteiger partial charge in [-0.2, -0.15) is 0 Å². The maximum Gasteiger partial charge on any atom is 0.194 e. The second-order valence-electron chi connectivity index (χ2n) is 6.85. The number of guanidine groups is 1. The van der Waals surface area contributed by atoms with Crippen molar-refractivity contribution < 1.29 is 14.2 Å². The van der Waals surface area contributed by atoms with Gasteiger partial charge in [-0.05, 0) is 26.7 Å². The van der Waals surface area contributed by atoms with E-state index >= 15 is 0 Å². The number of aromatic nitrogens is 1. The predicted molar refractivity (Wildman–Crippen MR) is 101 cm³/mol. The minimum Gasteiger partial charge on any atom is -0.496 e. The van der Waals surface area contributed by atoms with E-state index in [0.29, 0.717) is 13.2 Å². The monoisotopic (exact) mass is 362 g/mol. The molecule has 0 aromatic carbocycles. The van der Waals surface area contributed by atoms with Crippen molar-refractivity contribution in [2.75, 3.05) is 40.5 Å². The molecule has 2 atom stereocenters. The van der Waals surface area contributed by atoms with Gasteiger partial charge in [0.25, 0.3) is 0 Å². The normalized spacial score (nSPS) is 24.0. The van der Waals surface area contributed by atoms with Crippen molar-refractivity contribution in [2.24, 2.45) is 4.99 Å². The van der Waals surface area contributed by atoms with Crippen LogP contribution in [-0.4, -0.2) is 68.5 Å². The molecule has 0 radical (unpaired) electrons. The summed E-state index contributed by atoms with van der Waals surface area (Å²) in [6.45, 7) is 7.82. The molecule has 26 heavy (non-hydrogen) atoms. The van der Waals surface area contributed by atoms with Crippen LogP contribution in [0.15, 0.2) is 11.2 Å². The van der Waals surface area contributed by atoms with Gasteiger partial charge in [0.2, 0.25) is 0 Å². The first kappa shape index (κ1) is 18.9. The molecule has 0 amide bonds. The van der Waals surface area contributed by atoms with Crippen LogP contribution in [0.3, 0.4) is 0 Å². The molecule has 3 heterocycles. The van der Waals surface area contributed by atoms with Crippen LogP contribution in [-0.2, 0) is 16.0 Å². The Morgan fingerprint density at radius 3 is 2.85 bits per heavy atom. The van der Waals surface area contributed by atoms with Gasteiger partial charge in [-0.3, -0.25) is 9.98 Å². The molecule has 144 valence electrons. The molecule has 2 fully saturated rings. The molecule has 0 spiro atoms. The second-order valence-corrected chi connectivity index (χ2v) is 6.85. The standard InChI is InChI=1S/C19H30N4O3/c1-13-10-21-15(14(2)18(13)24-4)11-22-19(20-3)23-7-9-26-17(12-23)16-6-5-8-25-16/h10,16-17H,5-9,11-12H2,1-4H3,(H,20,22). The van der Waals surface area contributed by atoms with Gasteiger partial charge < -0.3 is 24.4 Å². The van der Waals surface area contributed by atoms with Crippen LogP contribution in [0.25, 0.3) is 0 Å². The van der Waals surface area contributed by atoms with Gasteiger partial charge in [0, 0.05) is 44.1 Å². The first-order chi connectivity index (χ1) is 12.6. The maximum atomic E-state index is 5.93. The number of aliphatic imine (C=N–C) groups is 1. The van der Waals surface area contributed by atoms with Crippen LogP contribution < -0.4 is 10.1 Å². The molecule has 0 aliphatic carbocycles. The number of aryl methyl sites for hydroxylation is 1. The average Bonchev–Trinajstić information content (AvgIpc) is 3.19. The lowest BCUT2D eigenvalue weighted by Crippen LogP contribution is -2.53. The van der Waals surface area contributed by atoms with Crippen LogP contribution >= 0.6 is 0 Å². The number of ether oxygens (including phenoxy) is 3. The van der Waals surface area contributed by atoms with E-state index in [2.05, 4.69) is 20.2 Å². The lowest BCUT2D eigenvalue weighted by Gasteiger charge is -2.37. The predicted octanol–water partition coefficient (Wildman–Crippen LogP) is 1.66. The quantitative estimate of drug-likeness (QED) is 0.649. The van der Waals surface area contributed by atoms with Gasteiger partial charge in [0.1, 0.15) is 11.9 Å². The van der Waals surface area contributed by atoms with Gasteiger partial charge in [0.15, 0.2) is 5.96 Å². The van der Waals surface area contributed by atoms with Crippen LogP contribution in [0.2, 0.25) is 0 Å².